The fourth-order valence-electron chi connectivity index (χ4n) is 1.63. The van der Waals surface area contributed by atoms with Crippen LogP contribution in [0.15, 0.2) is 18.3 Å². The molecule has 1 aromatic rings. The normalized spacial score (nSPS) is 12.2. The Balaban J connectivity index is 2.70. The maximum absolute atomic E-state index is 11.8. The van der Waals surface area contributed by atoms with Gasteiger partial charge in [0.05, 0.1) is 0 Å². The van der Waals surface area contributed by atoms with Gasteiger partial charge in [-0.2, -0.15) is 4.57 Å². The summed E-state index contributed by atoms with van der Waals surface area (Å²) in [6.07, 6.45) is 4.02. The highest BCUT2D eigenvalue weighted by Crippen LogP contribution is 1.98. The first kappa shape index (κ1) is 13.7. The second kappa shape index (κ2) is 6.38. The molecule has 0 aliphatic rings. The molecule has 1 N–H and O–H groups in total. The Kier molecular flexibility index (Phi) is 5.13. The van der Waals surface area contributed by atoms with E-state index in [0.717, 1.165) is 18.5 Å². The van der Waals surface area contributed by atoms with Gasteiger partial charge in [0.2, 0.25) is 6.54 Å². The van der Waals surface area contributed by atoms with Crippen molar-refractivity contribution in [3.8, 4) is 0 Å². The second-order valence-corrected chi connectivity index (χ2v) is 4.54. The van der Waals surface area contributed by atoms with E-state index in [1.165, 1.54) is 5.56 Å². The number of nitrogens with zero attached hydrogens (tertiary/aromatic N) is 1. The van der Waals surface area contributed by atoms with Crippen molar-refractivity contribution < 1.29 is 9.36 Å². The summed E-state index contributed by atoms with van der Waals surface area (Å²) >= 11 is 0. The molecule has 3 heteroatoms. The van der Waals surface area contributed by atoms with Gasteiger partial charge in [-0.05, 0) is 25.8 Å². The monoisotopic (exact) mass is 235 g/mol. The molecule has 0 aliphatic heterocycles. The van der Waals surface area contributed by atoms with Crippen molar-refractivity contribution in [3.05, 3.63) is 29.6 Å². The molecule has 1 amide bonds. The average Bonchev–Trinajstić information content (AvgIpc) is 2.31. The van der Waals surface area contributed by atoms with Gasteiger partial charge in [0.15, 0.2) is 11.9 Å². The fourth-order valence-corrected chi connectivity index (χ4v) is 1.63. The van der Waals surface area contributed by atoms with Gasteiger partial charge in [0.25, 0.3) is 5.91 Å². The van der Waals surface area contributed by atoms with Crippen LogP contribution in [0.25, 0.3) is 0 Å². The molecule has 0 radical (unpaired) electrons. The van der Waals surface area contributed by atoms with Crippen LogP contribution >= 0.6 is 0 Å². The molecule has 0 aliphatic carbocycles. The van der Waals surface area contributed by atoms with Crippen LogP contribution in [0.5, 0.6) is 0 Å². The van der Waals surface area contributed by atoms with Crippen molar-refractivity contribution >= 4 is 5.91 Å². The minimum atomic E-state index is 0.0840. The molecule has 3 nitrogen and oxygen atoms in total. The van der Waals surface area contributed by atoms with Crippen LogP contribution in [0.3, 0.4) is 0 Å². The molecular weight excluding hydrogens is 212 g/mol. The Morgan fingerprint density at radius 3 is 2.71 bits per heavy atom. The summed E-state index contributed by atoms with van der Waals surface area (Å²) in [5.41, 5.74) is 2.37. The van der Waals surface area contributed by atoms with Gasteiger partial charge in [-0.15, -0.1) is 0 Å². The van der Waals surface area contributed by atoms with Gasteiger partial charge in [-0.25, -0.2) is 0 Å². The second-order valence-electron chi connectivity index (χ2n) is 4.54. The maximum Gasteiger partial charge on any atom is 0.286 e. The topological polar surface area (TPSA) is 33.0 Å². The number of carbonyl (C=O) groups is 1. The van der Waals surface area contributed by atoms with Crippen molar-refractivity contribution in [3.63, 3.8) is 0 Å². The minimum Gasteiger partial charge on any atom is -0.348 e. The molecule has 1 rings (SSSR count). The number of aryl methyl sites for hydroxylation is 2. The van der Waals surface area contributed by atoms with Crippen molar-refractivity contribution in [1.82, 2.24) is 5.32 Å². The highest BCUT2D eigenvalue weighted by Gasteiger charge is 2.14. The SMILES string of the molecule is CCc1ccc(C)[n+](CC(=O)N[C@@H](C)CC)c1. The van der Waals surface area contributed by atoms with E-state index in [0.29, 0.717) is 6.54 Å². The van der Waals surface area contributed by atoms with Gasteiger partial charge in [-0.1, -0.05) is 13.8 Å². The lowest BCUT2D eigenvalue weighted by molar-refractivity contribution is -0.690. The highest BCUT2D eigenvalue weighted by atomic mass is 16.2. The third kappa shape index (κ3) is 4.17. The molecule has 0 saturated carbocycles. The summed E-state index contributed by atoms with van der Waals surface area (Å²) in [5, 5.41) is 2.98. The quantitative estimate of drug-likeness (QED) is 0.775. The van der Waals surface area contributed by atoms with E-state index >= 15 is 0 Å². The summed E-state index contributed by atoms with van der Waals surface area (Å²) in [7, 11) is 0. The largest absolute Gasteiger partial charge is 0.348 e. The zero-order valence-corrected chi connectivity index (χ0v) is 11.3. The smallest absolute Gasteiger partial charge is 0.286 e. The zero-order chi connectivity index (χ0) is 12.8. The predicted molar refractivity (Wildman–Crippen MR) is 68.6 cm³/mol. The van der Waals surface area contributed by atoms with Crippen molar-refractivity contribution in [2.24, 2.45) is 0 Å². The molecule has 94 valence electrons. The molecule has 1 heterocycles. The Labute approximate surface area is 104 Å². The third-order valence-electron chi connectivity index (χ3n) is 3.06. The molecule has 0 saturated heterocycles. The molecule has 1 aromatic heterocycles. The van der Waals surface area contributed by atoms with Crippen molar-refractivity contribution in [2.75, 3.05) is 0 Å². The predicted octanol–water partition coefficient (Wildman–Crippen LogP) is 1.76. The Hall–Kier alpha value is -1.38. The zero-order valence-electron chi connectivity index (χ0n) is 11.3. The molecule has 17 heavy (non-hydrogen) atoms. The molecule has 0 fully saturated rings. The Bertz CT molecular complexity index is 388. The van der Waals surface area contributed by atoms with Crippen LogP contribution in [0.1, 0.15) is 38.4 Å². The molecule has 0 aromatic carbocycles. The van der Waals surface area contributed by atoms with Crippen LogP contribution in [-0.4, -0.2) is 11.9 Å². The van der Waals surface area contributed by atoms with E-state index in [1.54, 1.807) is 0 Å². The number of amides is 1. The first-order valence-electron chi connectivity index (χ1n) is 6.35. The molecule has 0 bridgehead atoms. The Morgan fingerprint density at radius 2 is 2.12 bits per heavy atom. The lowest BCUT2D eigenvalue weighted by Gasteiger charge is -2.10. The van der Waals surface area contributed by atoms with Crippen LogP contribution in [0.4, 0.5) is 0 Å². The average molecular weight is 235 g/mol. The van der Waals surface area contributed by atoms with E-state index in [-0.39, 0.29) is 11.9 Å². The molecule has 0 unspecified atom stereocenters. The lowest BCUT2D eigenvalue weighted by atomic mass is 10.2. The lowest BCUT2D eigenvalue weighted by Crippen LogP contribution is -2.47. The first-order valence-corrected chi connectivity index (χ1v) is 6.35. The van der Waals surface area contributed by atoms with E-state index < -0.39 is 0 Å². The summed E-state index contributed by atoms with van der Waals surface area (Å²) in [6.45, 7) is 8.65. The number of hydrogen-bond acceptors (Lipinski definition) is 1. The number of carbonyl (C=O) groups excluding carboxylic acids is 1. The van der Waals surface area contributed by atoms with E-state index in [4.69, 9.17) is 0 Å². The van der Waals surface area contributed by atoms with Gasteiger partial charge in [0.1, 0.15) is 0 Å². The fraction of sp³-hybridized carbons (Fsp3) is 0.571. The van der Waals surface area contributed by atoms with E-state index in [1.807, 2.05) is 18.4 Å². The van der Waals surface area contributed by atoms with Crippen molar-refractivity contribution in [2.45, 2.75) is 53.1 Å². The summed E-state index contributed by atoms with van der Waals surface area (Å²) < 4.78 is 2.01. The van der Waals surface area contributed by atoms with Crippen LogP contribution in [0.2, 0.25) is 0 Å². The first-order chi connectivity index (χ1) is 8.06. The number of aromatic nitrogens is 1. The third-order valence-corrected chi connectivity index (χ3v) is 3.06. The van der Waals surface area contributed by atoms with Gasteiger partial charge in [-0.3, -0.25) is 4.79 Å². The van der Waals surface area contributed by atoms with Gasteiger partial charge in [0, 0.05) is 24.6 Å². The molecular formula is C14H23N2O+. The van der Waals surface area contributed by atoms with Crippen LogP contribution < -0.4 is 9.88 Å². The number of pyridine rings is 1. The number of hydrogen-bond donors (Lipinski definition) is 1. The molecule has 1 atom stereocenters. The molecule has 0 spiro atoms. The van der Waals surface area contributed by atoms with E-state index in [9.17, 15) is 4.79 Å². The van der Waals surface area contributed by atoms with Crippen LogP contribution in [0, 0.1) is 6.92 Å². The summed E-state index contributed by atoms with van der Waals surface area (Å²) in [4.78, 5) is 11.8. The Morgan fingerprint density at radius 1 is 1.41 bits per heavy atom. The number of nitrogens with one attached hydrogen (secondary N) is 1. The number of rotatable bonds is 5. The minimum absolute atomic E-state index is 0.0840. The van der Waals surface area contributed by atoms with Gasteiger partial charge < -0.3 is 5.32 Å². The van der Waals surface area contributed by atoms with Crippen LogP contribution in [-0.2, 0) is 17.8 Å². The summed E-state index contributed by atoms with van der Waals surface area (Å²) in [6, 6.07) is 4.42. The summed E-state index contributed by atoms with van der Waals surface area (Å²) in [5.74, 6) is 0.0840. The van der Waals surface area contributed by atoms with Crippen molar-refractivity contribution in [1.29, 1.82) is 0 Å². The van der Waals surface area contributed by atoms with Gasteiger partial charge >= 0.3 is 0 Å². The highest BCUT2D eigenvalue weighted by molar-refractivity contribution is 5.74. The standard InChI is InChI=1S/C14H22N2O/c1-5-11(3)15-14(17)10-16-9-13(6-2)8-7-12(16)4/h7-9,11H,5-6,10H2,1-4H3/p+1/t11-/m0/s1. The maximum atomic E-state index is 11.8. The van der Waals surface area contributed by atoms with E-state index in [2.05, 4.69) is 37.5 Å².